The average Bonchev–Trinajstić information content (AvgIpc) is 2.33. The summed E-state index contributed by atoms with van der Waals surface area (Å²) in [7, 11) is 0. The van der Waals surface area contributed by atoms with E-state index in [1.807, 2.05) is 6.92 Å². The number of ether oxygens (including phenoxy) is 1. The smallest absolute Gasteiger partial charge is 0.387 e. The fourth-order valence-corrected chi connectivity index (χ4v) is 2.71. The first-order valence-corrected chi connectivity index (χ1v) is 6.93. The molecule has 0 saturated heterocycles. The first-order valence-electron chi connectivity index (χ1n) is 6.93. The topological polar surface area (TPSA) is 26.3 Å². The van der Waals surface area contributed by atoms with E-state index >= 15 is 0 Å². The van der Waals surface area contributed by atoms with E-state index in [1.54, 1.807) is 12.2 Å². The fraction of sp³-hybridized carbons (Fsp3) is 0.667. The maximum absolute atomic E-state index is 12.3. The first kappa shape index (κ1) is 15.9. The van der Waals surface area contributed by atoms with Crippen LogP contribution in [0.15, 0.2) is 23.5 Å². The van der Waals surface area contributed by atoms with Crippen molar-refractivity contribution in [2.24, 2.45) is 11.8 Å². The van der Waals surface area contributed by atoms with Gasteiger partial charge in [0.15, 0.2) is 0 Å². The molecule has 1 rings (SSSR count). The molecule has 0 aromatic rings. The van der Waals surface area contributed by atoms with Crippen molar-refractivity contribution in [2.45, 2.75) is 52.6 Å². The normalized spacial score (nSPS) is 23.0. The molecule has 0 aromatic heterocycles. The number of carbonyl (C=O) groups excluding carboxylic acids is 1. The van der Waals surface area contributed by atoms with Crippen LogP contribution in [0.4, 0.5) is 8.78 Å². The molecule has 2 unspecified atom stereocenters. The van der Waals surface area contributed by atoms with Crippen molar-refractivity contribution >= 4 is 6.29 Å². The van der Waals surface area contributed by atoms with Crippen LogP contribution >= 0.6 is 0 Å². The molecule has 1 aliphatic carbocycles. The third kappa shape index (κ3) is 4.77. The molecule has 4 heteroatoms. The molecule has 1 aliphatic rings. The molecule has 0 spiro atoms. The molecule has 0 heterocycles. The van der Waals surface area contributed by atoms with Gasteiger partial charge in [-0.1, -0.05) is 32.3 Å². The molecule has 108 valence electrons. The zero-order valence-electron chi connectivity index (χ0n) is 11.6. The highest BCUT2D eigenvalue weighted by Crippen LogP contribution is 2.37. The standard InChI is InChI=1S/C15H22F2O2/c1-3-5-11-9-13(19-15(16)17)10-12(6-4-2)14(11)7-8-18/h8-11,14-15H,3-7H2,1-2H3. The Morgan fingerprint density at radius 3 is 2.63 bits per heavy atom. The highest BCUT2D eigenvalue weighted by molar-refractivity contribution is 5.52. The van der Waals surface area contributed by atoms with E-state index in [1.165, 1.54) is 0 Å². The van der Waals surface area contributed by atoms with Gasteiger partial charge < -0.3 is 9.53 Å². The number of aldehydes is 1. The van der Waals surface area contributed by atoms with Gasteiger partial charge in [0.05, 0.1) is 0 Å². The summed E-state index contributed by atoms with van der Waals surface area (Å²) in [6.07, 6.45) is 8.41. The zero-order chi connectivity index (χ0) is 14.3. The van der Waals surface area contributed by atoms with Crippen LogP contribution in [0.3, 0.4) is 0 Å². The van der Waals surface area contributed by atoms with Gasteiger partial charge in [0, 0.05) is 6.42 Å². The lowest BCUT2D eigenvalue weighted by Crippen LogP contribution is -2.21. The highest BCUT2D eigenvalue weighted by Gasteiger charge is 2.27. The Bertz CT molecular complexity index is 348. The molecule has 0 bridgehead atoms. The van der Waals surface area contributed by atoms with E-state index in [0.717, 1.165) is 37.5 Å². The molecular weight excluding hydrogens is 250 g/mol. The predicted octanol–water partition coefficient (Wildman–Crippen LogP) is 4.47. The number of allylic oxidation sites excluding steroid dienone is 3. The number of rotatable bonds is 8. The Kier molecular flexibility index (Phi) is 6.74. The van der Waals surface area contributed by atoms with Gasteiger partial charge in [0.1, 0.15) is 12.0 Å². The van der Waals surface area contributed by atoms with E-state index in [-0.39, 0.29) is 17.6 Å². The van der Waals surface area contributed by atoms with Crippen LogP contribution < -0.4 is 0 Å². The molecule has 0 amide bonds. The largest absolute Gasteiger partial charge is 0.435 e. The van der Waals surface area contributed by atoms with E-state index in [0.29, 0.717) is 6.42 Å². The van der Waals surface area contributed by atoms with Crippen molar-refractivity contribution in [1.29, 1.82) is 0 Å². The number of carbonyl (C=O) groups is 1. The highest BCUT2D eigenvalue weighted by atomic mass is 19.3. The van der Waals surface area contributed by atoms with E-state index < -0.39 is 6.61 Å². The van der Waals surface area contributed by atoms with Crippen LogP contribution in [0.25, 0.3) is 0 Å². The molecule has 0 aliphatic heterocycles. The van der Waals surface area contributed by atoms with Crippen molar-refractivity contribution in [1.82, 2.24) is 0 Å². The van der Waals surface area contributed by atoms with Crippen LogP contribution in [0.1, 0.15) is 46.0 Å². The fourth-order valence-electron chi connectivity index (χ4n) is 2.71. The summed E-state index contributed by atoms with van der Waals surface area (Å²) in [4.78, 5) is 10.8. The Morgan fingerprint density at radius 1 is 1.37 bits per heavy atom. The van der Waals surface area contributed by atoms with Gasteiger partial charge in [-0.3, -0.25) is 0 Å². The summed E-state index contributed by atoms with van der Waals surface area (Å²) in [6, 6.07) is 0. The van der Waals surface area contributed by atoms with Gasteiger partial charge >= 0.3 is 6.61 Å². The van der Waals surface area contributed by atoms with Crippen molar-refractivity contribution in [2.75, 3.05) is 0 Å². The molecule has 0 radical (unpaired) electrons. The lowest BCUT2D eigenvalue weighted by molar-refractivity contribution is -0.109. The van der Waals surface area contributed by atoms with Crippen molar-refractivity contribution in [3.63, 3.8) is 0 Å². The van der Waals surface area contributed by atoms with Crippen LogP contribution in [0.5, 0.6) is 0 Å². The second-order valence-electron chi connectivity index (χ2n) is 4.88. The second-order valence-corrected chi connectivity index (χ2v) is 4.88. The number of hydrogen-bond donors (Lipinski definition) is 0. The minimum absolute atomic E-state index is 0.121. The van der Waals surface area contributed by atoms with Gasteiger partial charge in [-0.25, -0.2) is 0 Å². The van der Waals surface area contributed by atoms with E-state index in [4.69, 9.17) is 0 Å². The van der Waals surface area contributed by atoms with Gasteiger partial charge in [-0.15, -0.1) is 0 Å². The second kappa shape index (κ2) is 8.08. The Morgan fingerprint density at radius 2 is 2.11 bits per heavy atom. The molecule has 2 atom stereocenters. The summed E-state index contributed by atoms with van der Waals surface area (Å²) >= 11 is 0. The summed E-state index contributed by atoms with van der Waals surface area (Å²) in [5, 5.41) is 0. The predicted molar refractivity (Wildman–Crippen MR) is 70.7 cm³/mol. The summed E-state index contributed by atoms with van der Waals surface area (Å²) < 4.78 is 29.2. The SMILES string of the molecule is CCCC1=CC(OC(F)F)=CC(CCC)C1CC=O. The van der Waals surface area contributed by atoms with Crippen molar-refractivity contribution in [3.05, 3.63) is 23.5 Å². The van der Waals surface area contributed by atoms with Crippen LogP contribution in [-0.4, -0.2) is 12.9 Å². The molecule has 0 aromatic carbocycles. The van der Waals surface area contributed by atoms with Crippen LogP contribution in [0, 0.1) is 11.8 Å². The first-order chi connectivity index (χ1) is 9.12. The Balaban J connectivity index is 2.95. The average molecular weight is 272 g/mol. The summed E-state index contributed by atoms with van der Waals surface area (Å²) in [5.74, 6) is 0.511. The van der Waals surface area contributed by atoms with Gasteiger partial charge in [-0.2, -0.15) is 8.78 Å². The minimum Gasteiger partial charge on any atom is -0.435 e. The summed E-state index contributed by atoms with van der Waals surface area (Å²) in [6.45, 7) is 1.30. The molecule has 2 nitrogen and oxygen atoms in total. The lowest BCUT2D eigenvalue weighted by Gasteiger charge is -2.30. The maximum Gasteiger partial charge on any atom is 0.387 e. The Hall–Kier alpha value is -1.19. The molecule has 0 fully saturated rings. The van der Waals surface area contributed by atoms with Gasteiger partial charge in [0.25, 0.3) is 0 Å². The third-order valence-electron chi connectivity index (χ3n) is 3.44. The quantitative estimate of drug-likeness (QED) is 0.609. The van der Waals surface area contributed by atoms with Crippen LogP contribution in [-0.2, 0) is 9.53 Å². The lowest BCUT2D eigenvalue weighted by atomic mass is 9.76. The maximum atomic E-state index is 12.3. The van der Waals surface area contributed by atoms with Crippen molar-refractivity contribution < 1.29 is 18.3 Å². The third-order valence-corrected chi connectivity index (χ3v) is 3.44. The Labute approximate surface area is 113 Å². The van der Waals surface area contributed by atoms with Gasteiger partial charge in [-0.05, 0) is 36.8 Å². The van der Waals surface area contributed by atoms with Crippen molar-refractivity contribution in [3.8, 4) is 0 Å². The zero-order valence-corrected chi connectivity index (χ0v) is 11.6. The number of hydrogen-bond acceptors (Lipinski definition) is 2. The summed E-state index contributed by atoms with van der Waals surface area (Å²) in [5.41, 5.74) is 1.06. The van der Waals surface area contributed by atoms with Gasteiger partial charge in [0.2, 0.25) is 0 Å². The minimum atomic E-state index is -2.80. The van der Waals surface area contributed by atoms with E-state index in [2.05, 4.69) is 11.7 Å². The monoisotopic (exact) mass is 272 g/mol. The molecule has 19 heavy (non-hydrogen) atoms. The molecular formula is C15H22F2O2. The number of alkyl halides is 2. The molecule has 0 N–H and O–H groups in total. The molecule has 0 saturated carbocycles. The van der Waals surface area contributed by atoms with E-state index in [9.17, 15) is 13.6 Å². The number of halogens is 2. The van der Waals surface area contributed by atoms with Crippen LogP contribution in [0.2, 0.25) is 0 Å².